The van der Waals surface area contributed by atoms with Gasteiger partial charge in [-0.25, -0.2) is 8.42 Å². The highest BCUT2D eigenvalue weighted by Crippen LogP contribution is 2.28. The number of fused-ring (bicyclic) bond motifs is 1. The van der Waals surface area contributed by atoms with Crippen molar-refractivity contribution < 1.29 is 8.42 Å². The molecule has 88 valence electrons. The Labute approximate surface area is 96.1 Å². The molecule has 0 bridgehead atoms. The molecule has 0 saturated heterocycles. The molecular formula is C11H16N2O2S. The maximum Gasteiger partial charge on any atom is 0.244 e. The Kier molecular flexibility index (Phi) is 2.67. The highest BCUT2D eigenvalue weighted by Gasteiger charge is 2.30. The van der Waals surface area contributed by atoms with Gasteiger partial charge in [0.1, 0.15) is 4.90 Å². The van der Waals surface area contributed by atoms with Crippen LogP contribution in [0.1, 0.15) is 19.4 Å². The van der Waals surface area contributed by atoms with E-state index in [1.165, 1.54) is 0 Å². The molecule has 2 rings (SSSR count). The van der Waals surface area contributed by atoms with Gasteiger partial charge in [0.25, 0.3) is 0 Å². The number of benzene rings is 1. The summed E-state index contributed by atoms with van der Waals surface area (Å²) in [5.41, 5.74) is 1.74. The molecule has 0 spiro atoms. The Morgan fingerprint density at radius 2 is 2.00 bits per heavy atom. The van der Waals surface area contributed by atoms with Crippen LogP contribution in [0.5, 0.6) is 0 Å². The van der Waals surface area contributed by atoms with Crippen molar-refractivity contribution >= 4 is 15.7 Å². The summed E-state index contributed by atoms with van der Waals surface area (Å²) in [7, 11) is -3.37. The molecule has 1 aromatic rings. The van der Waals surface area contributed by atoms with Crippen molar-refractivity contribution in [2.24, 2.45) is 5.92 Å². The lowest BCUT2D eigenvalue weighted by Crippen LogP contribution is -2.47. The van der Waals surface area contributed by atoms with Crippen molar-refractivity contribution in [1.29, 1.82) is 0 Å². The number of hydrogen-bond donors (Lipinski definition) is 2. The van der Waals surface area contributed by atoms with Crippen molar-refractivity contribution in [2.45, 2.75) is 31.8 Å². The van der Waals surface area contributed by atoms with Crippen LogP contribution in [0.25, 0.3) is 0 Å². The second kappa shape index (κ2) is 3.75. The monoisotopic (exact) mass is 240 g/mol. The first-order chi connectivity index (χ1) is 7.40. The molecule has 1 atom stereocenters. The molecule has 0 saturated carbocycles. The predicted molar refractivity (Wildman–Crippen MR) is 63.7 cm³/mol. The average Bonchev–Trinajstić information content (AvgIpc) is 2.15. The molecule has 1 aromatic carbocycles. The number of anilines is 1. The van der Waals surface area contributed by atoms with E-state index < -0.39 is 10.0 Å². The van der Waals surface area contributed by atoms with Crippen molar-refractivity contribution in [3.8, 4) is 0 Å². The quantitative estimate of drug-likeness (QED) is 0.785. The molecule has 4 nitrogen and oxygen atoms in total. The van der Waals surface area contributed by atoms with Crippen LogP contribution in [0.15, 0.2) is 23.1 Å². The van der Waals surface area contributed by atoms with E-state index in [2.05, 4.69) is 10.0 Å². The second-order valence-electron chi connectivity index (χ2n) is 4.49. The summed E-state index contributed by atoms with van der Waals surface area (Å²) in [6.45, 7) is 5.89. The van der Waals surface area contributed by atoms with E-state index in [1.807, 2.05) is 26.8 Å². The standard InChI is InChI=1S/C11H16N2O2S/c1-7(2)11-12-9-6-8(3)4-5-10(9)16(14,15)13-11/h4-7,11-13H,1-3H3/t11-/m1/s1. The Balaban J connectivity index is 2.52. The van der Waals surface area contributed by atoms with Gasteiger partial charge in [0, 0.05) is 0 Å². The molecule has 0 amide bonds. The lowest BCUT2D eigenvalue weighted by atomic mass is 10.1. The molecule has 16 heavy (non-hydrogen) atoms. The number of sulfonamides is 1. The largest absolute Gasteiger partial charge is 0.368 e. The molecule has 1 aliphatic heterocycles. The summed E-state index contributed by atoms with van der Waals surface area (Å²) in [5, 5.41) is 3.20. The maximum atomic E-state index is 11.9. The molecule has 0 radical (unpaired) electrons. The average molecular weight is 240 g/mol. The van der Waals surface area contributed by atoms with E-state index in [4.69, 9.17) is 0 Å². The maximum absolute atomic E-state index is 11.9. The summed E-state index contributed by atoms with van der Waals surface area (Å²) in [4.78, 5) is 0.329. The van der Waals surface area contributed by atoms with Gasteiger partial charge in [0.05, 0.1) is 11.9 Å². The molecule has 1 heterocycles. The Morgan fingerprint density at radius 3 is 2.62 bits per heavy atom. The van der Waals surface area contributed by atoms with E-state index in [9.17, 15) is 8.42 Å². The molecule has 2 N–H and O–H groups in total. The molecule has 0 fully saturated rings. The zero-order valence-electron chi connectivity index (χ0n) is 9.61. The molecule has 5 heteroatoms. The summed E-state index contributed by atoms with van der Waals surface area (Å²) in [6.07, 6.45) is -0.237. The predicted octanol–water partition coefficient (Wildman–Crippen LogP) is 1.68. The van der Waals surface area contributed by atoms with Gasteiger partial charge in [0.15, 0.2) is 0 Å². The third-order valence-electron chi connectivity index (χ3n) is 2.68. The van der Waals surface area contributed by atoms with Gasteiger partial charge >= 0.3 is 0 Å². The smallest absolute Gasteiger partial charge is 0.244 e. The summed E-state index contributed by atoms with van der Waals surface area (Å²) >= 11 is 0. The van der Waals surface area contributed by atoms with E-state index >= 15 is 0 Å². The van der Waals surface area contributed by atoms with E-state index in [-0.39, 0.29) is 12.1 Å². The van der Waals surface area contributed by atoms with E-state index in [0.717, 1.165) is 5.56 Å². The normalized spacial score (nSPS) is 22.6. The number of aryl methyl sites for hydroxylation is 1. The van der Waals surface area contributed by atoms with Crippen molar-refractivity contribution in [1.82, 2.24) is 4.72 Å². The fourth-order valence-electron chi connectivity index (χ4n) is 1.72. The van der Waals surface area contributed by atoms with Crippen molar-refractivity contribution in [2.75, 3.05) is 5.32 Å². The van der Waals surface area contributed by atoms with Gasteiger partial charge in [-0.1, -0.05) is 19.9 Å². The van der Waals surface area contributed by atoms with Gasteiger partial charge in [-0.05, 0) is 30.5 Å². The minimum atomic E-state index is -3.37. The van der Waals surface area contributed by atoms with Crippen LogP contribution in [0, 0.1) is 12.8 Å². The van der Waals surface area contributed by atoms with Gasteiger partial charge in [-0.2, -0.15) is 4.72 Å². The van der Waals surface area contributed by atoms with Crippen LogP contribution in [0.4, 0.5) is 5.69 Å². The zero-order valence-corrected chi connectivity index (χ0v) is 10.4. The van der Waals surface area contributed by atoms with Crippen LogP contribution in [0.3, 0.4) is 0 Å². The second-order valence-corrected chi connectivity index (χ2v) is 6.17. The third-order valence-corrected chi connectivity index (χ3v) is 4.18. The highest BCUT2D eigenvalue weighted by molar-refractivity contribution is 7.89. The van der Waals surface area contributed by atoms with Gasteiger partial charge in [-0.3, -0.25) is 0 Å². The first kappa shape index (κ1) is 11.4. The molecule has 0 aliphatic carbocycles. The summed E-state index contributed by atoms with van der Waals surface area (Å²) in [6, 6.07) is 5.30. The first-order valence-corrected chi connectivity index (χ1v) is 6.78. The topological polar surface area (TPSA) is 58.2 Å². The minimum Gasteiger partial charge on any atom is -0.368 e. The number of rotatable bonds is 1. The van der Waals surface area contributed by atoms with E-state index in [0.29, 0.717) is 10.6 Å². The highest BCUT2D eigenvalue weighted by atomic mass is 32.2. The van der Waals surface area contributed by atoms with Gasteiger partial charge in [-0.15, -0.1) is 0 Å². The SMILES string of the molecule is Cc1ccc2c(c1)N[C@@H](C(C)C)NS2(=O)=O. The Hall–Kier alpha value is -1.07. The summed E-state index contributed by atoms with van der Waals surface area (Å²) in [5.74, 6) is 0.198. The van der Waals surface area contributed by atoms with E-state index in [1.54, 1.807) is 12.1 Å². The van der Waals surface area contributed by atoms with Gasteiger partial charge in [0.2, 0.25) is 10.0 Å². The van der Waals surface area contributed by atoms with Crippen molar-refractivity contribution in [3.05, 3.63) is 23.8 Å². The molecule has 0 unspecified atom stereocenters. The summed E-state index contributed by atoms with van der Waals surface area (Å²) < 4.78 is 26.5. The fourth-order valence-corrected chi connectivity index (χ4v) is 3.17. The van der Waals surface area contributed by atoms with Gasteiger partial charge < -0.3 is 5.32 Å². The lowest BCUT2D eigenvalue weighted by molar-refractivity contribution is 0.477. The van der Waals surface area contributed by atoms with Crippen LogP contribution in [-0.2, 0) is 10.0 Å². The van der Waals surface area contributed by atoms with Crippen LogP contribution < -0.4 is 10.0 Å². The first-order valence-electron chi connectivity index (χ1n) is 5.29. The minimum absolute atomic E-state index is 0.198. The van der Waals surface area contributed by atoms with Crippen LogP contribution in [-0.4, -0.2) is 14.6 Å². The molecule has 0 aromatic heterocycles. The molecular weight excluding hydrogens is 224 g/mol. The number of nitrogens with one attached hydrogen (secondary N) is 2. The van der Waals surface area contributed by atoms with Crippen LogP contribution >= 0.6 is 0 Å². The molecule has 1 aliphatic rings. The Bertz CT molecular complexity index is 509. The lowest BCUT2D eigenvalue weighted by Gasteiger charge is -2.30. The fraction of sp³-hybridized carbons (Fsp3) is 0.455. The van der Waals surface area contributed by atoms with Crippen LogP contribution in [0.2, 0.25) is 0 Å². The van der Waals surface area contributed by atoms with Crippen molar-refractivity contribution in [3.63, 3.8) is 0 Å². The Morgan fingerprint density at radius 1 is 1.31 bits per heavy atom. The number of hydrogen-bond acceptors (Lipinski definition) is 3. The zero-order chi connectivity index (χ0) is 11.9. The third kappa shape index (κ3) is 1.92.